The molecule has 1 fully saturated rings. The van der Waals surface area contributed by atoms with E-state index in [1.54, 1.807) is 7.11 Å². The molecule has 0 radical (unpaired) electrons. The molecule has 1 aliphatic rings. The van der Waals surface area contributed by atoms with Gasteiger partial charge in [0.05, 0.1) is 7.11 Å². The predicted octanol–water partition coefficient (Wildman–Crippen LogP) is 1.77. The Morgan fingerprint density at radius 3 is 2.47 bits per heavy atom. The first-order valence-electron chi connectivity index (χ1n) is 4.82. The fraction of sp³-hybridized carbons (Fsp3) is 0.364. The van der Waals surface area contributed by atoms with Gasteiger partial charge in [0.15, 0.2) is 0 Å². The highest BCUT2D eigenvalue weighted by Crippen LogP contribution is 2.27. The maximum atomic E-state index is 10.6. The molecule has 1 aromatic rings. The summed E-state index contributed by atoms with van der Waals surface area (Å²) in [5.74, 6) is 1.17. The summed E-state index contributed by atoms with van der Waals surface area (Å²) in [7, 11) is 1.63. The van der Waals surface area contributed by atoms with Crippen molar-refractivity contribution in [1.29, 1.82) is 0 Å². The zero-order chi connectivity index (χ0) is 10.8. The van der Waals surface area contributed by atoms with Crippen LogP contribution in [0.3, 0.4) is 0 Å². The second kappa shape index (κ2) is 3.81. The van der Waals surface area contributed by atoms with Crippen molar-refractivity contribution in [1.82, 2.24) is 4.90 Å². The van der Waals surface area contributed by atoms with Crippen LogP contribution in [0, 0.1) is 0 Å². The Labute approximate surface area is 88.1 Å². The first-order chi connectivity index (χ1) is 7.20. The molecular formula is C11H13NO3. The highest BCUT2D eigenvalue weighted by Gasteiger charge is 2.31. The van der Waals surface area contributed by atoms with Crippen LogP contribution in [-0.2, 0) is 0 Å². The molecule has 1 saturated heterocycles. The highest BCUT2D eigenvalue weighted by atomic mass is 16.5. The number of amides is 1. The molecule has 15 heavy (non-hydrogen) atoms. The van der Waals surface area contributed by atoms with Crippen LogP contribution in [0.5, 0.6) is 5.75 Å². The van der Waals surface area contributed by atoms with Gasteiger partial charge >= 0.3 is 6.09 Å². The monoisotopic (exact) mass is 207 g/mol. The van der Waals surface area contributed by atoms with Gasteiger partial charge in [-0.05, 0) is 17.7 Å². The second-order valence-corrected chi connectivity index (χ2v) is 3.66. The van der Waals surface area contributed by atoms with Gasteiger partial charge in [0.2, 0.25) is 0 Å². The van der Waals surface area contributed by atoms with E-state index in [1.165, 1.54) is 10.5 Å². The molecule has 0 aliphatic carbocycles. The zero-order valence-electron chi connectivity index (χ0n) is 8.51. The first kappa shape index (κ1) is 9.83. The average molecular weight is 207 g/mol. The van der Waals surface area contributed by atoms with Gasteiger partial charge in [-0.1, -0.05) is 12.1 Å². The number of benzene rings is 1. The Kier molecular flexibility index (Phi) is 2.49. The third-order valence-corrected chi connectivity index (χ3v) is 2.74. The zero-order valence-corrected chi connectivity index (χ0v) is 8.51. The van der Waals surface area contributed by atoms with E-state index in [-0.39, 0.29) is 0 Å². The molecule has 1 N–H and O–H groups in total. The first-order valence-corrected chi connectivity index (χ1v) is 4.82. The number of carboxylic acid groups (broad SMARTS) is 1. The predicted molar refractivity (Wildman–Crippen MR) is 55.3 cm³/mol. The third kappa shape index (κ3) is 1.88. The van der Waals surface area contributed by atoms with Gasteiger partial charge in [-0.15, -0.1) is 0 Å². The van der Waals surface area contributed by atoms with Crippen LogP contribution in [0.2, 0.25) is 0 Å². The minimum Gasteiger partial charge on any atom is -0.497 e. The lowest BCUT2D eigenvalue weighted by Gasteiger charge is -2.37. The SMILES string of the molecule is COc1ccc(C2CN(C(=O)O)C2)cc1. The molecule has 1 aliphatic heterocycles. The highest BCUT2D eigenvalue weighted by molar-refractivity contribution is 5.66. The molecule has 0 aromatic heterocycles. The minimum absolute atomic E-state index is 0.340. The fourth-order valence-electron chi connectivity index (χ4n) is 1.72. The van der Waals surface area contributed by atoms with Crippen LogP contribution >= 0.6 is 0 Å². The average Bonchev–Trinajstić information content (AvgIpc) is 2.16. The molecule has 2 rings (SSSR count). The van der Waals surface area contributed by atoms with E-state index in [4.69, 9.17) is 9.84 Å². The third-order valence-electron chi connectivity index (χ3n) is 2.74. The number of rotatable bonds is 2. The summed E-state index contributed by atoms with van der Waals surface area (Å²) >= 11 is 0. The molecule has 0 bridgehead atoms. The number of carbonyl (C=O) groups is 1. The standard InChI is InChI=1S/C11H13NO3/c1-15-10-4-2-8(3-5-10)9-6-12(7-9)11(13)14/h2-5,9H,6-7H2,1H3,(H,13,14). The Morgan fingerprint density at radius 2 is 2.00 bits per heavy atom. The number of hydrogen-bond acceptors (Lipinski definition) is 2. The molecule has 1 heterocycles. The van der Waals surface area contributed by atoms with Gasteiger partial charge in [0, 0.05) is 19.0 Å². The van der Waals surface area contributed by atoms with Crippen LogP contribution in [-0.4, -0.2) is 36.3 Å². The van der Waals surface area contributed by atoms with E-state index in [1.807, 2.05) is 24.3 Å². The molecule has 4 nitrogen and oxygen atoms in total. The largest absolute Gasteiger partial charge is 0.497 e. The van der Waals surface area contributed by atoms with Crippen molar-refractivity contribution >= 4 is 6.09 Å². The van der Waals surface area contributed by atoms with Gasteiger partial charge in [-0.25, -0.2) is 4.79 Å². The van der Waals surface area contributed by atoms with E-state index in [9.17, 15) is 4.79 Å². The summed E-state index contributed by atoms with van der Waals surface area (Å²) in [6.45, 7) is 1.20. The molecule has 80 valence electrons. The van der Waals surface area contributed by atoms with E-state index in [0.29, 0.717) is 19.0 Å². The van der Waals surface area contributed by atoms with E-state index in [0.717, 1.165) is 5.75 Å². The summed E-state index contributed by atoms with van der Waals surface area (Å²) < 4.78 is 5.06. The Balaban J connectivity index is 1.98. The van der Waals surface area contributed by atoms with Crippen molar-refractivity contribution < 1.29 is 14.6 Å². The molecular weight excluding hydrogens is 194 g/mol. The molecule has 1 amide bonds. The van der Waals surface area contributed by atoms with Gasteiger partial charge in [0.25, 0.3) is 0 Å². The number of ether oxygens (including phenoxy) is 1. The number of nitrogens with zero attached hydrogens (tertiary/aromatic N) is 1. The lowest BCUT2D eigenvalue weighted by Crippen LogP contribution is -2.47. The number of methoxy groups -OCH3 is 1. The van der Waals surface area contributed by atoms with Crippen LogP contribution in [0.25, 0.3) is 0 Å². The fourth-order valence-corrected chi connectivity index (χ4v) is 1.72. The second-order valence-electron chi connectivity index (χ2n) is 3.66. The van der Waals surface area contributed by atoms with Crippen molar-refractivity contribution in [2.45, 2.75) is 5.92 Å². The summed E-state index contributed by atoms with van der Waals surface area (Å²) in [4.78, 5) is 12.0. The lowest BCUT2D eigenvalue weighted by molar-refractivity contribution is 0.105. The summed E-state index contributed by atoms with van der Waals surface area (Å²) in [6.07, 6.45) is -0.834. The minimum atomic E-state index is -0.834. The van der Waals surface area contributed by atoms with E-state index in [2.05, 4.69) is 0 Å². The lowest BCUT2D eigenvalue weighted by atomic mass is 9.92. The van der Waals surface area contributed by atoms with Crippen molar-refractivity contribution in [2.24, 2.45) is 0 Å². The Hall–Kier alpha value is -1.71. The molecule has 4 heteroatoms. The van der Waals surface area contributed by atoms with Crippen LogP contribution in [0.15, 0.2) is 24.3 Å². The van der Waals surface area contributed by atoms with Crippen molar-refractivity contribution in [2.75, 3.05) is 20.2 Å². The quantitative estimate of drug-likeness (QED) is 0.804. The van der Waals surface area contributed by atoms with Crippen molar-refractivity contribution in [3.8, 4) is 5.75 Å². The van der Waals surface area contributed by atoms with Crippen LogP contribution < -0.4 is 4.74 Å². The van der Waals surface area contributed by atoms with E-state index >= 15 is 0 Å². The smallest absolute Gasteiger partial charge is 0.407 e. The summed E-state index contributed by atoms with van der Waals surface area (Å²) in [5, 5.41) is 8.69. The van der Waals surface area contributed by atoms with Gasteiger partial charge in [-0.2, -0.15) is 0 Å². The molecule has 0 unspecified atom stereocenters. The normalized spacial score (nSPS) is 15.9. The van der Waals surface area contributed by atoms with Crippen molar-refractivity contribution in [3.63, 3.8) is 0 Å². The summed E-state index contributed by atoms with van der Waals surface area (Å²) in [6, 6.07) is 7.78. The number of likely N-dealkylation sites (tertiary alicyclic amines) is 1. The van der Waals surface area contributed by atoms with E-state index < -0.39 is 6.09 Å². The molecule has 0 atom stereocenters. The molecule has 0 spiro atoms. The van der Waals surface area contributed by atoms with Gasteiger partial charge in [0.1, 0.15) is 5.75 Å². The van der Waals surface area contributed by atoms with Crippen LogP contribution in [0.4, 0.5) is 4.79 Å². The van der Waals surface area contributed by atoms with Gasteiger partial charge in [-0.3, -0.25) is 0 Å². The maximum Gasteiger partial charge on any atom is 0.407 e. The molecule has 1 aromatic carbocycles. The summed E-state index contributed by atoms with van der Waals surface area (Å²) in [5.41, 5.74) is 1.17. The topological polar surface area (TPSA) is 49.8 Å². The van der Waals surface area contributed by atoms with Crippen LogP contribution in [0.1, 0.15) is 11.5 Å². The Morgan fingerprint density at radius 1 is 1.40 bits per heavy atom. The Bertz CT molecular complexity index is 355. The molecule has 0 saturated carbocycles. The van der Waals surface area contributed by atoms with Crippen molar-refractivity contribution in [3.05, 3.63) is 29.8 Å². The maximum absolute atomic E-state index is 10.6. The number of hydrogen-bond donors (Lipinski definition) is 1. The van der Waals surface area contributed by atoms with Gasteiger partial charge < -0.3 is 14.7 Å².